The van der Waals surface area contributed by atoms with E-state index in [-0.39, 0.29) is 5.82 Å². The van der Waals surface area contributed by atoms with Crippen molar-refractivity contribution in [2.75, 3.05) is 0 Å². The quantitative estimate of drug-likeness (QED) is 0.218. The van der Waals surface area contributed by atoms with Crippen LogP contribution in [0.3, 0.4) is 0 Å². The molecule has 35 heavy (non-hydrogen) atoms. The smallest absolute Gasteiger partial charge is 0.126 e. The maximum Gasteiger partial charge on any atom is 0.126 e. The molecule has 4 atom stereocenters. The van der Waals surface area contributed by atoms with Crippen LogP contribution in [-0.2, 0) is 6.42 Å². The van der Waals surface area contributed by atoms with Crippen molar-refractivity contribution < 1.29 is 4.39 Å². The van der Waals surface area contributed by atoms with Gasteiger partial charge in [-0.3, -0.25) is 0 Å². The number of hydrogen-bond donors (Lipinski definition) is 0. The summed E-state index contributed by atoms with van der Waals surface area (Å²) in [5.41, 5.74) is 2.14. The van der Waals surface area contributed by atoms with Gasteiger partial charge in [0.2, 0.25) is 0 Å². The number of unbranched alkanes of at least 4 members (excludes halogenated alkanes) is 4. The van der Waals surface area contributed by atoms with E-state index in [0.717, 1.165) is 53.6 Å². The minimum Gasteiger partial charge on any atom is -0.207 e. The minimum atomic E-state index is 0.0501. The summed E-state index contributed by atoms with van der Waals surface area (Å²) < 4.78 is 14.9. The van der Waals surface area contributed by atoms with Crippen LogP contribution in [0, 0.1) is 35.4 Å². The Labute approximate surface area is 216 Å². The first-order valence-corrected chi connectivity index (χ1v) is 15.6. The molecule has 0 amide bonds. The first-order valence-electron chi connectivity index (χ1n) is 15.6. The Morgan fingerprint density at radius 2 is 1.49 bits per heavy atom. The fraction of sp³-hybridized carbons (Fsp3) is 0.765. The number of allylic oxidation sites excluding steroid dienone is 2. The molecule has 0 spiro atoms. The zero-order valence-electron chi connectivity index (χ0n) is 23.0. The van der Waals surface area contributed by atoms with E-state index in [1.807, 2.05) is 13.0 Å². The van der Waals surface area contributed by atoms with E-state index in [1.165, 1.54) is 96.3 Å². The predicted molar refractivity (Wildman–Crippen MR) is 149 cm³/mol. The highest BCUT2D eigenvalue weighted by molar-refractivity contribution is 5.28. The van der Waals surface area contributed by atoms with E-state index in [0.29, 0.717) is 5.92 Å². The van der Waals surface area contributed by atoms with Crippen molar-refractivity contribution in [3.8, 4) is 0 Å². The number of benzene rings is 1. The van der Waals surface area contributed by atoms with Crippen LogP contribution in [0.25, 0.3) is 0 Å². The van der Waals surface area contributed by atoms with E-state index in [4.69, 9.17) is 0 Å². The molecule has 0 N–H and O–H groups in total. The summed E-state index contributed by atoms with van der Waals surface area (Å²) in [6, 6.07) is 6.10. The Morgan fingerprint density at radius 3 is 2.23 bits per heavy atom. The Balaban J connectivity index is 1.19. The molecule has 0 saturated heterocycles. The van der Waals surface area contributed by atoms with Gasteiger partial charge in [0.1, 0.15) is 5.82 Å². The van der Waals surface area contributed by atoms with Gasteiger partial charge in [-0.2, -0.15) is 0 Å². The molecule has 3 fully saturated rings. The lowest BCUT2D eigenvalue weighted by Gasteiger charge is -2.45. The van der Waals surface area contributed by atoms with Crippen LogP contribution in [-0.4, -0.2) is 0 Å². The molecule has 3 aliphatic rings. The molecule has 0 nitrogen and oxygen atoms in total. The lowest BCUT2D eigenvalue weighted by atomic mass is 9.60. The van der Waals surface area contributed by atoms with Crippen LogP contribution in [0.4, 0.5) is 4.39 Å². The minimum absolute atomic E-state index is 0.0501. The third kappa shape index (κ3) is 7.69. The molecule has 196 valence electrons. The van der Waals surface area contributed by atoms with Gasteiger partial charge in [0.05, 0.1) is 0 Å². The van der Waals surface area contributed by atoms with E-state index in [9.17, 15) is 4.39 Å². The third-order valence-electron chi connectivity index (χ3n) is 10.3. The Hall–Kier alpha value is -1.11. The molecule has 3 saturated carbocycles. The summed E-state index contributed by atoms with van der Waals surface area (Å²) in [7, 11) is 0. The van der Waals surface area contributed by atoms with Crippen molar-refractivity contribution in [3.63, 3.8) is 0 Å². The molecule has 3 aliphatic carbocycles. The van der Waals surface area contributed by atoms with Crippen molar-refractivity contribution in [2.45, 2.75) is 135 Å². The average Bonchev–Trinajstić information content (AvgIpc) is 2.89. The van der Waals surface area contributed by atoms with Crippen molar-refractivity contribution in [1.29, 1.82) is 0 Å². The van der Waals surface area contributed by atoms with Crippen LogP contribution < -0.4 is 0 Å². The van der Waals surface area contributed by atoms with Crippen LogP contribution >= 0.6 is 0 Å². The molecule has 1 aromatic rings. The van der Waals surface area contributed by atoms with E-state index in [2.05, 4.69) is 31.2 Å². The normalized spacial score (nSPS) is 31.5. The molecular formula is C34H53F. The topological polar surface area (TPSA) is 0 Å². The molecule has 1 heteroatoms. The highest BCUT2D eigenvalue weighted by atomic mass is 19.1. The second-order valence-electron chi connectivity index (χ2n) is 12.6. The van der Waals surface area contributed by atoms with Gasteiger partial charge in [-0.1, -0.05) is 76.2 Å². The Kier molecular flexibility index (Phi) is 10.8. The zero-order chi connectivity index (χ0) is 24.5. The molecule has 4 unspecified atom stereocenters. The van der Waals surface area contributed by atoms with Crippen LogP contribution in [0.2, 0.25) is 0 Å². The summed E-state index contributed by atoms with van der Waals surface area (Å²) in [6.45, 7) is 4.36. The van der Waals surface area contributed by atoms with Crippen molar-refractivity contribution in [2.24, 2.45) is 29.6 Å². The van der Waals surface area contributed by atoms with Gasteiger partial charge < -0.3 is 0 Å². The third-order valence-corrected chi connectivity index (χ3v) is 10.3. The molecule has 0 aliphatic heterocycles. The van der Waals surface area contributed by atoms with Gasteiger partial charge in [-0.05, 0) is 130 Å². The van der Waals surface area contributed by atoms with E-state index in [1.54, 1.807) is 6.42 Å². The van der Waals surface area contributed by atoms with Crippen molar-refractivity contribution in [1.82, 2.24) is 0 Å². The molecule has 4 rings (SSSR count). The second kappa shape index (κ2) is 14.0. The SMILES string of the molecule is C/C=C/CCc1ccc(C2CCC(C3CCC4CC(CCCCCCC)CCC4C3)CC2)c(F)c1. The maximum absolute atomic E-state index is 14.9. The zero-order valence-corrected chi connectivity index (χ0v) is 23.0. The summed E-state index contributed by atoms with van der Waals surface area (Å²) in [6.07, 6.45) is 29.0. The standard InChI is InChI=1S/C34H53F/c1-3-5-7-8-10-12-26-13-15-32-25-31(21-20-30(32)23-26)28-16-18-29(19-17-28)33-22-14-27(24-34(33)35)11-9-6-4-2/h4,6,14,22,24,26,28-32H,3,5,7-13,15-21,23,25H2,1-2H3/b6-4+. The summed E-state index contributed by atoms with van der Waals surface area (Å²) >= 11 is 0. The van der Waals surface area contributed by atoms with Gasteiger partial charge in [0, 0.05) is 0 Å². The maximum atomic E-state index is 14.9. The van der Waals surface area contributed by atoms with Crippen LogP contribution in [0.15, 0.2) is 30.4 Å². The van der Waals surface area contributed by atoms with Crippen molar-refractivity contribution in [3.05, 3.63) is 47.3 Å². The lowest BCUT2D eigenvalue weighted by Crippen LogP contribution is -2.34. The van der Waals surface area contributed by atoms with Gasteiger partial charge in [-0.15, -0.1) is 0 Å². The van der Waals surface area contributed by atoms with Crippen LogP contribution in [0.1, 0.15) is 140 Å². The Morgan fingerprint density at radius 1 is 0.800 bits per heavy atom. The number of fused-ring (bicyclic) bond motifs is 1. The monoisotopic (exact) mass is 480 g/mol. The molecule has 0 bridgehead atoms. The summed E-state index contributed by atoms with van der Waals surface area (Å²) in [5.74, 6) is 5.46. The largest absolute Gasteiger partial charge is 0.207 e. The van der Waals surface area contributed by atoms with Crippen LogP contribution in [0.5, 0.6) is 0 Å². The fourth-order valence-electron chi connectivity index (χ4n) is 8.13. The first kappa shape index (κ1) is 26.9. The number of hydrogen-bond acceptors (Lipinski definition) is 0. The van der Waals surface area contributed by atoms with Gasteiger partial charge in [0.25, 0.3) is 0 Å². The number of rotatable bonds is 11. The molecule has 1 aromatic carbocycles. The van der Waals surface area contributed by atoms with Gasteiger partial charge >= 0.3 is 0 Å². The second-order valence-corrected chi connectivity index (χ2v) is 12.6. The highest BCUT2D eigenvalue weighted by Gasteiger charge is 2.38. The summed E-state index contributed by atoms with van der Waals surface area (Å²) in [4.78, 5) is 0. The van der Waals surface area contributed by atoms with Crippen molar-refractivity contribution >= 4 is 0 Å². The average molecular weight is 481 g/mol. The highest BCUT2D eigenvalue weighted by Crippen LogP contribution is 2.50. The first-order chi connectivity index (χ1) is 17.2. The number of halogens is 1. The fourth-order valence-corrected chi connectivity index (χ4v) is 8.13. The molecule has 0 radical (unpaired) electrons. The predicted octanol–water partition coefficient (Wildman–Crippen LogP) is 10.8. The molecular weight excluding hydrogens is 427 g/mol. The molecule has 0 heterocycles. The lowest BCUT2D eigenvalue weighted by molar-refractivity contribution is 0.0612. The summed E-state index contributed by atoms with van der Waals surface area (Å²) in [5, 5.41) is 0. The van der Waals surface area contributed by atoms with Gasteiger partial charge in [0.15, 0.2) is 0 Å². The number of aryl methyl sites for hydroxylation is 1. The molecule has 0 aromatic heterocycles. The van der Waals surface area contributed by atoms with Gasteiger partial charge in [-0.25, -0.2) is 4.39 Å². The van der Waals surface area contributed by atoms with E-state index < -0.39 is 0 Å². The van der Waals surface area contributed by atoms with E-state index >= 15 is 0 Å². The Bertz CT molecular complexity index is 771.